The van der Waals surface area contributed by atoms with Crippen molar-refractivity contribution in [1.29, 1.82) is 0 Å². The highest BCUT2D eigenvalue weighted by Crippen LogP contribution is 2.22. The molecule has 0 saturated heterocycles. The van der Waals surface area contributed by atoms with E-state index in [2.05, 4.69) is 21.2 Å². The third-order valence-corrected chi connectivity index (χ3v) is 4.56. The summed E-state index contributed by atoms with van der Waals surface area (Å²) >= 11 is 4.84. The molecule has 1 aromatic heterocycles. The summed E-state index contributed by atoms with van der Waals surface area (Å²) in [5.41, 5.74) is 0.929. The highest BCUT2D eigenvalue weighted by Gasteiger charge is 2.05. The Morgan fingerprint density at radius 3 is 2.58 bits per heavy atom. The summed E-state index contributed by atoms with van der Waals surface area (Å²) in [7, 11) is 1.59. The molecule has 0 atom stereocenters. The molecule has 126 valence electrons. The van der Waals surface area contributed by atoms with Crippen LogP contribution in [0.1, 0.15) is 10.4 Å². The average molecular weight is 410 g/mol. The number of thiophene rings is 1. The van der Waals surface area contributed by atoms with Gasteiger partial charge < -0.3 is 14.8 Å². The van der Waals surface area contributed by atoms with Gasteiger partial charge in [0, 0.05) is 17.5 Å². The minimum Gasteiger partial charge on any atom is -0.497 e. The Bertz CT molecular complexity index is 724. The van der Waals surface area contributed by atoms with Gasteiger partial charge in [-0.15, -0.1) is 11.3 Å². The SMILES string of the molecule is COc1ccc(CNC(=O)COC(=O)/C=C/c2ccc(Br)s2)cc1. The molecule has 0 aliphatic heterocycles. The number of carbonyl (C=O) groups excluding carboxylic acids is 2. The molecule has 2 aromatic rings. The summed E-state index contributed by atoms with van der Waals surface area (Å²) in [6.45, 7) is 0.0485. The van der Waals surface area contributed by atoms with E-state index in [0.29, 0.717) is 6.54 Å². The second-order valence-electron chi connectivity index (χ2n) is 4.71. The van der Waals surface area contributed by atoms with E-state index in [4.69, 9.17) is 9.47 Å². The molecule has 2 rings (SSSR count). The van der Waals surface area contributed by atoms with Gasteiger partial charge >= 0.3 is 5.97 Å². The normalized spacial score (nSPS) is 10.6. The molecule has 0 saturated carbocycles. The van der Waals surface area contributed by atoms with E-state index in [0.717, 1.165) is 20.0 Å². The van der Waals surface area contributed by atoms with E-state index < -0.39 is 5.97 Å². The van der Waals surface area contributed by atoms with Crippen molar-refractivity contribution in [2.75, 3.05) is 13.7 Å². The van der Waals surface area contributed by atoms with Crippen molar-refractivity contribution < 1.29 is 19.1 Å². The van der Waals surface area contributed by atoms with Crippen molar-refractivity contribution in [3.63, 3.8) is 0 Å². The number of hydrogen-bond acceptors (Lipinski definition) is 5. The highest BCUT2D eigenvalue weighted by atomic mass is 79.9. The van der Waals surface area contributed by atoms with Crippen molar-refractivity contribution in [2.24, 2.45) is 0 Å². The summed E-state index contributed by atoms with van der Waals surface area (Å²) in [4.78, 5) is 24.2. The molecule has 7 heteroatoms. The van der Waals surface area contributed by atoms with Gasteiger partial charge in [-0.1, -0.05) is 12.1 Å². The zero-order valence-electron chi connectivity index (χ0n) is 13.0. The Kier molecular flexibility index (Phi) is 7.02. The van der Waals surface area contributed by atoms with Gasteiger partial charge in [-0.3, -0.25) is 4.79 Å². The maximum absolute atomic E-state index is 11.7. The minimum atomic E-state index is -0.556. The minimum absolute atomic E-state index is 0.312. The molecule has 0 aliphatic carbocycles. The Morgan fingerprint density at radius 2 is 1.96 bits per heavy atom. The maximum atomic E-state index is 11.7. The van der Waals surface area contributed by atoms with Crippen LogP contribution in [0, 0.1) is 0 Å². The number of carbonyl (C=O) groups is 2. The van der Waals surface area contributed by atoms with Crippen LogP contribution in [0.15, 0.2) is 46.3 Å². The number of ether oxygens (including phenoxy) is 2. The number of esters is 1. The molecule has 0 aliphatic rings. The zero-order valence-corrected chi connectivity index (χ0v) is 15.4. The van der Waals surface area contributed by atoms with Gasteiger partial charge in [-0.25, -0.2) is 4.79 Å². The molecule has 1 N–H and O–H groups in total. The van der Waals surface area contributed by atoms with Crippen molar-refractivity contribution >= 4 is 45.2 Å². The Morgan fingerprint density at radius 1 is 1.21 bits per heavy atom. The Labute approximate surface area is 152 Å². The van der Waals surface area contributed by atoms with Gasteiger partial charge in [0.15, 0.2) is 6.61 Å². The van der Waals surface area contributed by atoms with E-state index in [-0.39, 0.29) is 12.5 Å². The number of hydrogen-bond donors (Lipinski definition) is 1. The predicted molar refractivity (Wildman–Crippen MR) is 96.9 cm³/mol. The largest absolute Gasteiger partial charge is 0.497 e. The molecule has 1 heterocycles. The van der Waals surface area contributed by atoms with Gasteiger partial charge in [-0.05, 0) is 51.8 Å². The monoisotopic (exact) mass is 409 g/mol. The van der Waals surface area contributed by atoms with E-state index in [1.165, 1.54) is 17.4 Å². The van der Waals surface area contributed by atoms with Crippen LogP contribution in [0.5, 0.6) is 5.75 Å². The fraction of sp³-hybridized carbons (Fsp3) is 0.176. The molecular weight excluding hydrogens is 394 g/mol. The first-order chi connectivity index (χ1) is 11.6. The second kappa shape index (κ2) is 9.24. The molecule has 1 aromatic carbocycles. The maximum Gasteiger partial charge on any atom is 0.331 e. The van der Waals surface area contributed by atoms with Gasteiger partial charge in [-0.2, -0.15) is 0 Å². The zero-order chi connectivity index (χ0) is 17.4. The quantitative estimate of drug-likeness (QED) is 0.562. The third kappa shape index (κ3) is 6.17. The molecule has 24 heavy (non-hydrogen) atoms. The lowest BCUT2D eigenvalue weighted by Crippen LogP contribution is -2.28. The molecule has 0 spiro atoms. The lowest BCUT2D eigenvalue weighted by Gasteiger charge is -2.06. The summed E-state index contributed by atoms with van der Waals surface area (Å²) in [6.07, 6.45) is 2.95. The first-order valence-electron chi connectivity index (χ1n) is 7.06. The molecule has 0 fully saturated rings. The smallest absolute Gasteiger partial charge is 0.331 e. The van der Waals surface area contributed by atoms with Crippen molar-refractivity contribution in [3.05, 3.63) is 56.7 Å². The fourth-order valence-electron chi connectivity index (χ4n) is 1.75. The number of benzene rings is 1. The summed E-state index contributed by atoms with van der Waals surface area (Å²) in [5.74, 6) is -0.158. The van der Waals surface area contributed by atoms with Gasteiger partial charge in [0.2, 0.25) is 0 Å². The van der Waals surface area contributed by atoms with Crippen molar-refractivity contribution in [1.82, 2.24) is 5.32 Å². The number of rotatable bonds is 7. The summed E-state index contributed by atoms with van der Waals surface area (Å²) in [5, 5.41) is 2.68. The average Bonchev–Trinajstić information content (AvgIpc) is 3.02. The second-order valence-corrected chi connectivity index (χ2v) is 7.20. The summed E-state index contributed by atoms with van der Waals surface area (Å²) < 4.78 is 10.9. The van der Waals surface area contributed by atoms with Crippen LogP contribution in [0.3, 0.4) is 0 Å². The van der Waals surface area contributed by atoms with Gasteiger partial charge in [0.05, 0.1) is 10.9 Å². The van der Waals surface area contributed by atoms with Crippen LogP contribution < -0.4 is 10.1 Å². The van der Waals surface area contributed by atoms with Gasteiger partial charge in [0.1, 0.15) is 5.75 Å². The Balaban J connectivity index is 1.70. The van der Waals surface area contributed by atoms with E-state index in [1.54, 1.807) is 13.2 Å². The van der Waals surface area contributed by atoms with E-state index in [9.17, 15) is 9.59 Å². The number of nitrogens with one attached hydrogen (secondary N) is 1. The summed E-state index contributed by atoms with van der Waals surface area (Å²) in [6, 6.07) is 11.1. The van der Waals surface area contributed by atoms with Crippen LogP contribution in [0.4, 0.5) is 0 Å². The highest BCUT2D eigenvalue weighted by molar-refractivity contribution is 9.11. The first-order valence-corrected chi connectivity index (χ1v) is 8.67. The van der Waals surface area contributed by atoms with Crippen LogP contribution in [-0.2, 0) is 20.9 Å². The molecule has 0 bridgehead atoms. The number of methoxy groups -OCH3 is 1. The predicted octanol–water partition coefficient (Wildman–Crippen LogP) is 3.39. The van der Waals surface area contributed by atoms with E-state index in [1.807, 2.05) is 36.4 Å². The Hall–Kier alpha value is -2.12. The standard InChI is InChI=1S/C17H16BrNO4S/c1-22-13-4-2-12(3-5-13)10-19-16(20)11-23-17(21)9-7-14-6-8-15(18)24-14/h2-9H,10-11H2,1H3,(H,19,20)/b9-7+. The van der Waals surface area contributed by atoms with Crippen LogP contribution in [-0.4, -0.2) is 25.6 Å². The van der Waals surface area contributed by atoms with Crippen LogP contribution in [0.2, 0.25) is 0 Å². The molecule has 0 unspecified atom stereocenters. The topological polar surface area (TPSA) is 64.6 Å². The lowest BCUT2D eigenvalue weighted by atomic mass is 10.2. The molecule has 1 amide bonds. The van der Waals surface area contributed by atoms with Gasteiger partial charge in [0.25, 0.3) is 5.91 Å². The molecule has 0 radical (unpaired) electrons. The fourth-order valence-corrected chi connectivity index (χ4v) is 3.07. The third-order valence-electron chi connectivity index (χ3n) is 2.97. The van der Waals surface area contributed by atoms with Crippen molar-refractivity contribution in [3.8, 4) is 5.75 Å². The first kappa shape index (κ1) is 18.2. The van der Waals surface area contributed by atoms with E-state index >= 15 is 0 Å². The van der Waals surface area contributed by atoms with Crippen LogP contribution in [0.25, 0.3) is 6.08 Å². The van der Waals surface area contributed by atoms with Crippen LogP contribution >= 0.6 is 27.3 Å². The number of amides is 1. The van der Waals surface area contributed by atoms with Crippen molar-refractivity contribution in [2.45, 2.75) is 6.54 Å². The molecular formula is C17H16BrNO4S. The number of halogens is 1. The lowest BCUT2D eigenvalue weighted by molar-refractivity contribution is -0.143. The molecule has 5 nitrogen and oxygen atoms in total.